The summed E-state index contributed by atoms with van der Waals surface area (Å²) in [6.45, 7) is 1.16. The van der Waals surface area contributed by atoms with Gasteiger partial charge in [0.2, 0.25) is 17.6 Å². The van der Waals surface area contributed by atoms with Crippen molar-refractivity contribution in [2.45, 2.75) is 31.8 Å². The topological polar surface area (TPSA) is 115 Å². The van der Waals surface area contributed by atoms with Gasteiger partial charge in [0, 0.05) is 31.5 Å². The lowest BCUT2D eigenvalue weighted by atomic mass is 10.1. The van der Waals surface area contributed by atoms with E-state index in [4.69, 9.17) is 19.1 Å². The Balaban J connectivity index is 1.46. The van der Waals surface area contributed by atoms with Crippen LogP contribution in [0.4, 0.5) is 0 Å². The smallest absolute Gasteiger partial charge is 0.306 e. The first kappa shape index (κ1) is 19.8. The summed E-state index contributed by atoms with van der Waals surface area (Å²) in [4.78, 5) is 29.2. The predicted molar refractivity (Wildman–Crippen MR) is 97.8 cm³/mol. The Morgan fingerprint density at radius 2 is 2.11 bits per heavy atom. The van der Waals surface area contributed by atoms with E-state index < -0.39 is 12.1 Å². The number of nitrogens with zero attached hydrogens (tertiary/aromatic N) is 3. The predicted octanol–water partition coefficient (Wildman–Crippen LogP) is 1.77. The lowest BCUT2D eigenvalue weighted by Gasteiger charge is -2.32. The van der Waals surface area contributed by atoms with Crippen LogP contribution in [0.2, 0.25) is 0 Å². The Morgan fingerprint density at radius 1 is 1.32 bits per heavy atom. The Hall–Kier alpha value is -2.94. The molecule has 0 bridgehead atoms. The fraction of sp³-hybridized carbons (Fsp3) is 0.474. The number of aryl methyl sites for hydroxylation is 1. The van der Waals surface area contributed by atoms with Crippen molar-refractivity contribution in [3.8, 4) is 17.1 Å². The molecule has 28 heavy (non-hydrogen) atoms. The van der Waals surface area contributed by atoms with Crippen molar-refractivity contribution in [1.82, 2.24) is 15.0 Å². The first-order chi connectivity index (χ1) is 13.5. The zero-order chi connectivity index (χ0) is 19.9. The summed E-state index contributed by atoms with van der Waals surface area (Å²) in [7, 11) is 1.60. The van der Waals surface area contributed by atoms with Gasteiger partial charge in [0.05, 0.1) is 26.2 Å². The number of aromatic nitrogens is 2. The van der Waals surface area contributed by atoms with Crippen molar-refractivity contribution in [2.24, 2.45) is 0 Å². The maximum Gasteiger partial charge on any atom is 0.306 e. The van der Waals surface area contributed by atoms with Gasteiger partial charge in [-0.15, -0.1) is 0 Å². The number of hydrogen-bond donors (Lipinski definition) is 1. The number of ether oxygens (including phenoxy) is 2. The molecule has 1 atom stereocenters. The third kappa shape index (κ3) is 5.29. The summed E-state index contributed by atoms with van der Waals surface area (Å²) in [6.07, 6.45) is 0.861. The molecule has 1 aliphatic heterocycles. The summed E-state index contributed by atoms with van der Waals surface area (Å²) in [6, 6.07) is 7.35. The minimum absolute atomic E-state index is 0.0198. The number of hydrogen-bond acceptors (Lipinski definition) is 7. The van der Waals surface area contributed by atoms with Crippen LogP contribution < -0.4 is 4.74 Å². The lowest BCUT2D eigenvalue weighted by molar-refractivity contribution is -0.147. The van der Waals surface area contributed by atoms with Crippen molar-refractivity contribution in [1.29, 1.82) is 0 Å². The van der Waals surface area contributed by atoms with Crippen molar-refractivity contribution in [3.63, 3.8) is 0 Å². The molecule has 0 spiro atoms. The average Bonchev–Trinajstić information content (AvgIpc) is 3.16. The molecular formula is C19H23N3O6. The van der Waals surface area contributed by atoms with Crippen molar-refractivity contribution < 1.29 is 28.7 Å². The van der Waals surface area contributed by atoms with Crippen LogP contribution in [0, 0.1) is 0 Å². The number of benzene rings is 1. The second-order valence-corrected chi connectivity index (χ2v) is 6.52. The normalized spacial score (nSPS) is 16.8. The monoisotopic (exact) mass is 389 g/mol. The molecule has 9 heteroatoms. The van der Waals surface area contributed by atoms with Crippen molar-refractivity contribution in [2.75, 3.05) is 26.8 Å². The minimum Gasteiger partial charge on any atom is -0.497 e. The number of methoxy groups -OCH3 is 1. The van der Waals surface area contributed by atoms with Crippen LogP contribution in [-0.4, -0.2) is 64.9 Å². The van der Waals surface area contributed by atoms with Gasteiger partial charge < -0.3 is 24.0 Å². The highest BCUT2D eigenvalue weighted by Crippen LogP contribution is 2.20. The molecule has 3 rings (SSSR count). The Kier molecular flexibility index (Phi) is 6.59. The van der Waals surface area contributed by atoms with Gasteiger partial charge >= 0.3 is 5.97 Å². The van der Waals surface area contributed by atoms with E-state index in [0.717, 1.165) is 11.3 Å². The van der Waals surface area contributed by atoms with Crippen LogP contribution in [0.3, 0.4) is 0 Å². The van der Waals surface area contributed by atoms with Gasteiger partial charge in [0.15, 0.2) is 0 Å². The number of amides is 1. The molecule has 9 nitrogen and oxygen atoms in total. The third-order valence-corrected chi connectivity index (χ3v) is 4.49. The van der Waals surface area contributed by atoms with Crippen LogP contribution >= 0.6 is 0 Å². The Morgan fingerprint density at radius 3 is 2.82 bits per heavy atom. The summed E-state index contributed by atoms with van der Waals surface area (Å²) in [5.41, 5.74) is 0.824. The molecule has 1 aliphatic rings. The van der Waals surface area contributed by atoms with E-state index in [1.54, 1.807) is 12.0 Å². The van der Waals surface area contributed by atoms with E-state index >= 15 is 0 Å². The number of morpholine rings is 1. The Bertz CT molecular complexity index is 804. The van der Waals surface area contributed by atoms with E-state index in [1.807, 2.05) is 24.3 Å². The minimum atomic E-state index is -0.927. The molecule has 1 saturated heterocycles. The molecule has 0 aliphatic carbocycles. The van der Waals surface area contributed by atoms with Crippen molar-refractivity contribution in [3.05, 3.63) is 30.2 Å². The molecule has 0 saturated carbocycles. The second kappa shape index (κ2) is 9.32. The first-order valence-corrected chi connectivity index (χ1v) is 9.13. The summed E-state index contributed by atoms with van der Waals surface area (Å²) >= 11 is 0. The van der Waals surface area contributed by atoms with Gasteiger partial charge in [0.25, 0.3) is 0 Å². The zero-order valence-electron chi connectivity index (χ0n) is 15.7. The van der Waals surface area contributed by atoms with Gasteiger partial charge in [0.1, 0.15) is 5.75 Å². The molecule has 1 amide bonds. The van der Waals surface area contributed by atoms with Crippen LogP contribution in [-0.2, 0) is 20.7 Å². The van der Waals surface area contributed by atoms with Crippen molar-refractivity contribution >= 4 is 11.9 Å². The van der Waals surface area contributed by atoms with E-state index in [1.165, 1.54) is 0 Å². The van der Waals surface area contributed by atoms with E-state index in [2.05, 4.69) is 10.1 Å². The quantitative estimate of drug-likeness (QED) is 0.726. The third-order valence-electron chi connectivity index (χ3n) is 4.49. The maximum absolute atomic E-state index is 12.4. The van der Waals surface area contributed by atoms with Gasteiger partial charge in [-0.2, -0.15) is 4.98 Å². The summed E-state index contributed by atoms with van der Waals surface area (Å²) in [5.74, 6) is 0.773. The number of carbonyl (C=O) groups is 2. The summed E-state index contributed by atoms with van der Waals surface area (Å²) < 4.78 is 15.8. The highest BCUT2D eigenvalue weighted by atomic mass is 16.5. The molecule has 150 valence electrons. The number of carboxylic acid groups (broad SMARTS) is 1. The average molecular weight is 389 g/mol. The summed E-state index contributed by atoms with van der Waals surface area (Å²) in [5, 5.41) is 12.8. The van der Waals surface area contributed by atoms with Gasteiger partial charge in [-0.25, -0.2) is 0 Å². The first-order valence-electron chi connectivity index (χ1n) is 9.13. The second-order valence-electron chi connectivity index (χ2n) is 6.52. The fourth-order valence-electron chi connectivity index (χ4n) is 3.03. The van der Waals surface area contributed by atoms with E-state index in [-0.39, 0.29) is 12.3 Å². The molecule has 1 fully saturated rings. The van der Waals surface area contributed by atoms with Gasteiger partial charge in [-0.1, -0.05) is 5.16 Å². The molecule has 2 heterocycles. The Labute approximate surface area is 162 Å². The SMILES string of the molecule is COc1ccc(-c2noc(CCCC(=O)N3CCOC(CC(=O)O)C3)n2)cc1. The highest BCUT2D eigenvalue weighted by molar-refractivity contribution is 5.76. The zero-order valence-corrected chi connectivity index (χ0v) is 15.7. The van der Waals surface area contributed by atoms with Crippen LogP contribution in [0.25, 0.3) is 11.4 Å². The van der Waals surface area contributed by atoms with Crippen LogP contribution in [0.15, 0.2) is 28.8 Å². The number of aliphatic carboxylic acids is 1. The highest BCUT2D eigenvalue weighted by Gasteiger charge is 2.25. The van der Waals surface area contributed by atoms with Crippen LogP contribution in [0.1, 0.15) is 25.2 Å². The maximum atomic E-state index is 12.4. The number of carbonyl (C=O) groups excluding carboxylic acids is 1. The van der Waals surface area contributed by atoms with Crippen LogP contribution in [0.5, 0.6) is 5.75 Å². The molecule has 0 radical (unpaired) electrons. The fourth-order valence-corrected chi connectivity index (χ4v) is 3.03. The molecule has 1 aromatic carbocycles. The molecule has 1 unspecified atom stereocenters. The standard InChI is InChI=1S/C19H23N3O6/c1-26-14-7-5-13(6-8-14)19-20-16(28-21-19)3-2-4-17(23)22-9-10-27-15(12-22)11-18(24)25/h5-8,15H,2-4,9-12H2,1H3,(H,24,25). The number of carboxylic acids is 1. The van der Waals surface area contributed by atoms with Gasteiger partial charge in [-0.3, -0.25) is 9.59 Å². The largest absolute Gasteiger partial charge is 0.497 e. The lowest BCUT2D eigenvalue weighted by Crippen LogP contribution is -2.46. The van der Waals surface area contributed by atoms with E-state index in [9.17, 15) is 9.59 Å². The molecule has 1 N–H and O–H groups in total. The molecule has 2 aromatic rings. The number of rotatable bonds is 8. The van der Waals surface area contributed by atoms with Gasteiger partial charge in [-0.05, 0) is 30.7 Å². The molecular weight excluding hydrogens is 366 g/mol. The van der Waals surface area contributed by atoms with E-state index in [0.29, 0.717) is 50.7 Å². The molecule has 1 aromatic heterocycles.